The second kappa shape index (κ2) is 13.7. The van der Waals surface area contributed by atoms with Crippen LogP contribution in [0.15, 0.2) is 83.8 Å². The van der Waals surface area contributed by atoms with E-state index in [4.69, 9.17) is 9.47 Å². The zero-order valence-electron chi connectivity index (χ0n) is 22.7. The number of benzene rings is 3. The first kappa shape index (κ1) is 29.5. The number of ether oxygens (including phenoxy) is 2. The van der Waals surface area contributed by atoms with Crippen LogP contribution in [0, 0.1) is 0 Å². The fourth-order valence-electron chi connectivity index (χ4n) is 4.29. The molecule has 9 nitrogen and oxygen atoms in total. The van der Waals surface area contributed by atoms with E-state index in [0.717, 1.165) is 9.87 Å². The number of carbonyl (C=O) groups is 2. The number of rotatable bonds is 13. The normalized spacial score (nSPS) is 11.8. The van der Waals surface area contributed by atoms with Gasteiger partial charge in [0.15, 0.2) is 0 Å². The molecule has 39 heavy (non-hydrogen) atoms. The van der Waals surface area contributed by atoms with Crippen LogP contribution in [0.4, 0.5) is 5.69 Å². The molecule has 208 valence electrons. The lowest BCUT2D eigenvalue weighted by atomic mass is 10.1. The topological polar surface area (TPSA) is 105 Å². The molecule has 0 saturated carbocycles. The summed E-state index contributed by atoms with van der Waals surface area (Å²) in [6, 6.07) is 21.4. The van der Waals surface area contributed by atoms with Crippen LogP contribution in [-0.2, 0) is 26.0 Å². The summed E-state index contributed by atoms with van der Waals surface area (Å²) in [4.78, 5) is 28.2. The van der Waals surface area contributed by atoms with Gasteiger partial charge in [-0.05, 0) is 42.7 Å². The predicted octanol–water partition coefficient (Wildman–Crippen LogP) is 3.50. The van der Waals surface area contributed by atoms with E-state index in [-0.39, 0.29) is 28.8 Å². The molecular weight excluding hydrogens is 518 g/mol. The molecule has 0 aliphatic rings. The largest absolute Gasteiger partial charge is 0.497 e. The summed E-state index contributed by atoms with van der Waals surface area (Å²) < 4.78 is 39.7. The second-order valence-electron chi connectivity index (χ2n) is 8.72. The van der Waals surface area contributed by atoms with Crippen LogP contribution in [0.5, 0.6) is 11.5 Å². The third-order valence-electron chi connectivity index (χ3n) is 6.38. The van der Waals surface area contributed by atoms with E-state index in [2.05, 4.69) is 5.32 Å². The third-order valence-corrected chi connectivity index (χ3v) is 8.16. The molecule has 3 aromatic carbocycles. The molecule has 0 radical (unpaired) electrons. The molecule has 1 N–H and O–H groups in total. The monoisotopic (exact) mass is 553 g/mol. The van der Waals surface area contributed by atoms with E-state index in [1.807, 2.05) is 37.3 Å². The molecular formula is C29H35N3O6S. The van der Waals surface area contributed by atoms with Crippen LogP contribution < -0.4 is 19.1 Å². The van der Waals surface area contributed by atoms with Crippen LogP contribution in [0.3, 0.4) is 0 Å². The highest BCUT2D eigenvalue weighted by Gasteiger charge is 2.34. The van der Waals surface area contributed by atoms with Crippen molar-refractivity contribution in [3.8, 4) is 11.5 Å². The van der Waals surface area contributed by atoms with Crippen molar-refractivity contribution >= 4 is 27.5 Å². The number of hydrogen-bond acceptors (Lipinski definition) is 6. The smallest absolute Gasteiger partial charge is 0.264 e. The molecule has 0 heterocycles. The van der Waals surface area contributed by atoms with Gasteiger partial charge in [-0.15, -0.1) is 0 Å². The number of sulfonamides is 1. The molecule has 0 fully saturated rings. The first-order valence-electron chi connectivity index (χ1n) is 12.6. The van der Waals surface area contributed by atoms with Gasteiger partial charge in [-0.3, -0.25) is 13.9 Å². The van der Waals surface area contributed by atoms with Gasteiger partial charge in [-0.1, -0.05) is 55.5 Å². The van der Waals surface area contributed by atoms with Gasteiger partial charge in [0, 0.05) is 19.7 Å². The summed E-state index contributed by atoms with van der Waals surface area (Å²) in [7, 11) is 0.184. The molecule has 0 aromatic heterocycles. The van der Waals surface area contributed by atoms with Gasteiger partial charge >= 0.3 is 0 Å². The van der Waals surface area contributed by atoms with Crippen molar-refractivity contribution in [1.82, 2.24) is 10.2 Å². The number of amides is 2. The van der Waals surface area contributed by atoms with Crippen molar-refractivity contribution < 1.29 is 27.5 Å². The minimum absolute atomic E-state index is 0.0110. The van der Waals surface area contributed by atoms with E-state index in [0.29, 0.717) is 18.6 Å². The Morgan fingerprint density at radius 1 is 0.923 bits per heavy atom. The quantitative estimate of drug-likeness (QED) is 0.347. The molecule has 10 heteroatoms. The molecule has 1 atom stereocenters. The second-order valence-corrected chi connectivity index (χ2v) is 10.6. The summed E-state index contributed by atoms with van der Waals surface area (Å²) in [5.41, 5.74) is 1.13. The Balaban J connectivity index is 2.08. The van der Waals surface area contributed by atoms with Gasteiger partial charge in [0.2, 0.25) is 11.8 Å². The van der Waals surface area contributed by atoms with Crippen molar-refractivity contribution in [2.75, 3.05) is 38.7 Å². The molecule has 0 aliphatic carbocycles. The lowest BCUT2D eigenvalue weighted by Gasteiger charge is -2.33. The Morgan fingerprint density at radius 2 is 1.56 bits per heavy atom. The Labute approximate surface area is 230 Å². The molecule has 3 rings (SSSR count). The van der Waals surface area contributed by atoms with Gasteiger partial charge in [0.25, 0.3) is 10.0 Å². The Hall–Kier alpha value is -4.05. The van der Waals surface area contributed by atoms with Gasteiger partial charge < -0.3 is 19.7 Å². The zero-order valence-corrected chi connectivity index (χ0v) is 23.5. The molecule has 0 aliphatic heterocycles. The maximum absolute atomic E-state index is 14.0. The first-order valence-corrected chi connectivity index (χ1v) is 14.1. The molecule has 3 aromatic rings. The summed E-state index contributed by atoms with van der Waals surface area (Å²) in [5.74, 6) is -0.206. The molecule has 2 amide bonds. The number of hydrogen-bond donors (Lipinski definition) is 1. The van der Waals surface area contributed by atoms with Crippen molar-refractivity contribution in [3.05, 3.63) is 84.4 Å². The highest BCUT2D eigenvalue weighted by Crippen LogP contribution is 2.35. The van der Waals surface area contributed by atoms with Gasteiger partial charge in [-0.2, -0.15) is 0 Å². The van der Waals surface area contributed by atoms with Crippen LogP contribution in [0.1, 0.15) is 18.9 Å². The van der Waals surface area contributed by atoms with E-state index in [1.165, 1.54) is 44.4 Å². The van der Waals surface area contributed by atoms with E-state index >= 15 is 0 Å². The van der Waals surface area contributed by atoms with E-state index < -0.39 is 28.5 Å². The van der Waals surface area contributed by atoms with Crippen molar-refractivity contribution in [2.45, 2.75) is 30.7 Å². The molecule has 0 spiro atoms. The lowest BCUT2D eigenvalue weighted by molar-refractivity contribution is -0.139. The first-order chi connectivity index (χ1) is 18.8. The summed E-state index contributed by atoms with van der Waals surface area (Å²) in [5, 5.41) is 2.62. The van der Waals surface area contributed by atoms with Crippen molar-refractivity contribution in [1.29, 1.82) is 0 Å². The minimum atomic E-state index is -4.22. The average Bonchev–Trinajstić information content (AvgIpc) is 2.98. The van der Waals surface area contributed by atoms with Gasteiger partial charge in [0.05, 0.1) is 24.8 Å². The third kappa shape index (κ3) is 7.08. The number of nitrogens with zero attached hydrogens (tertiary/aromatic N) is 2. The number of nitrogens with one attached hydrogen (secondary N) is 1. The summed E-state index contributed by atoms with van der Waals surface area (Å²) in [6.07, 6.45) is 0.849. The zero-order chi connectivity index (χ0) is 28.4. The van der Waals surface area contributed by atoms with Crippen LogP contribution in [0.25, 0.3) is 0 Å². The van der Waals surface area contributed by atoms with Gasteiger partial charge in [0.1, 0.15) is 24.1 Å². The number of methoxy groups -OCH3 is 2. The maximum Gasteiger partial charge on any atom is 0.264 e. The van der Waals surface area contributed by atoms with Crippen LogP contribution in [-0.4, -0.2) is 65.5 Å². The lowest BCUT2D eigenvalue weighted by Crippen LogP contribution is -2.52. The molecule has 0 bridgehead atoms. The van der Waals surface area contributed by atoms with Crippen molar-refractivity contribution in [2.24, 2.45) is 0 Å². The predicted molar refractivity (Wildman–Crippen MR) is 151 cm³/mol. The minimum Gasteiger partial charge on any atom is -0.497 e. The number of anilines is 1. The fraction of sp³-hybridized carbons (Fsp3) is 0.310. The summed E-state index contributed by atoms with van der Waals surface area (Å²) in [6.45, 7) is 1.48. The highest BCUT2D eigenvalue weighted by atomic mass is 32.2. The highest BCUT2D eigenvalue weighted by molar-refractivity contribution is 7.92. The Morgan fingerprint density at radius 3 is 2.13 bits per heavy atom. The average molecular weight is 554 g/mol. The number of likely N-dealkylation sites (N-methyl/N-ethyl adjacent to an activating group) is 1. The summed E-state index contributed by atoms with van der Waals surface area (Å²) >= 11 is 0. The fourth-order valence-corrected chi connectivity index (χ4v) is 5.72. The SMILES string of the molecule is CC[C@@H](C(=O)NC)N(CCc1ccccc1)C(=O)CN(c1cc(OC)ccc1OC)S(=O)(=O)c1ccccc1. The van der Waals surface area contributed by atoms with E-state index in [9.17, 15) is 18.0 Å². The molecule has 0 saturated heterocycles. The van der Waals surface area contributed by atoms with E-state index in [1.54, 1.807) is 30.3 Å². The molecule has 0 unspecified atom stereocenters. The number of carbonyl (C=O) groups excluding carboxylic acids is 2. The van der Waals surface area contributed by atoms with Crippen LogP contribution in [0.2, 0.25) is 0 Å². The standard InChI is InChI=1S/C29H35N3O6S/c1-5-25(29(34)30-2)31(19-18-22-12-8-6-9-13-22)28(33)21-32(39(35,36)24-14-10-7-11-15-24)26-20-23(37-3)16-17-27(26)38-4/h6-17,20,25H,5,18-19,21H2,1-4H3,(H,30,34)/t25-/m0/s1. The van der Waals surface area contributed by atoms with Gasteiger partial charge in [-0.25, -0.2) is 8.42 Å². The Bertz CT molecular complexity index is 1350. The van der Waals surface area contributed by atoms with Crippen molar-refractivity contribution in [3.63, 3.8) is 0 Å². The Kier molecular flexibility index (Phi) is 10.3. The van der Waals surface area contributed by atoms with Crippen LogP contribution >= 0.6 is 0 Å². The maximum atomic E-state index is 14.0.